The third-order valence-corrected chi connectivity index (χ3v) is 2.66. The minimum absolute atomic E-state index is 0.431. The molecule has 0 aliphatic carbocycles. The van der Waals surface area contributed by atoms with E-state index in [0.29, 0.717) is 6.04 Å². The van der Waals surface area contributed by atoms with Crippen LogP contribution in [0.2, 0.25) is 0 Å². The fourth-order valence-electron chi connectivity index (χ4n) is 1.78. The SMILES string of the molecule is CC#CCC(Cc1ccc(OC)cc1)NCC. The second-order valence-corrected chi connectivity index (χ2v) is 3.94. The van der Waals surface area contributed by atoms with Crippen LogP contribution in [0.25, 0.3) is 0 Å². The molecule has 1 aromatic rings. The van der Waals surface area contributed by atoms with Gasteiger partial charge in [-0.1, -0.05) is 19.1 Å². The molecule has 0 fully saturated rings. The summed E-state index contributed by atoms with van der Waals surface area (Å²) < 4.78 is 5.15. The van der Waals surface area contributed by atoms with Gasteiger partial charge in [-0.15, -0.1) is 11.8 Å². The minimum Gasteiger partial charge on any atom is -0.497 e. The lowest BCUT2D eigenvalue weighted by atomic mass is 10.0. The molecule has 0 aliphatic rings. The molecule has 92 valence electrons. The van der Waals surface area contributed by atoms with Gasteiger partial charge in [-0.05, 0) is 37.6 Å². The van der Waals surface area contributed by atoms with E-state index in [1.807, 2.05) is 19.1 Å². The molecule has 1 atom stereocenters. The molecule has 0 heterocycles. The van der Waals surface area contributed by atoms with Gasteiger partial charge >= 0.3 is 0 Å². The molecular weight excluding hydrogens is 210 g/mol. The average molecular weight is 231 g/mol. The zero-order chi connectivity index (χ0) is 12.5. The van der Waals surface area contributed by atoms with Crippen LogP contribution in [0.5, 0.6) is 5.75 Å². The van der Waals surface area contributed by atoms with Gasteiger partial charge in [-0.2, -0.15) is 0 Å². The summed E-state index contributed by atoms with van der Waals surface area (Å²) in [6.45, 7) is 4.99. The number of ether oxygens (including phenoxy) is 1. The maximum absolute atomic E-state index is 5.15. The van der Waals surface area contributed by atoms with E-state index in [4.69, 9.17) is 4.74 Å². The van der Waals surface area contributed by atoms with Crippen molar-refractivity contribution in [2.24, 2.45) is 0 Å². The van der Waals surface area contributed by atoms with Gasteiger partial charge in [0.15, 0.2) is 0 Å². The van der Waals surface area contributed by atoms with Crippen LogP contribution in [0, 0.1) is 11.8 Å². The molecule has 1 N–H and O–H groups in total. The lowest BCUT2D eigenvalue weighted by molar-refractivity contribution is 0.414. The maximum Gasteiger partial charge on any atom is 0.118 e. The van der Waals surface area contributed by atoms with Gasteiger partial charge in [0.05, 0.1) is 7.11 Å². The highest BCUT2D eigenvalue weighted by atomic mass is 16.5. The summed E-state index contributed by atoms with van der Waals surface area (Å²) in [5.41, 5.74) is 1.31. The molecule has 0 bridgehead atoms. The summed E-state index contributed by atoms with van der Waals surface area (Å²) >= 11 is 0. The second-order valence-electron chi connectivity index (χ2n) is 3.94. The van der Waals surface area contributed by atoms with E-state index in [9.17, 15) is 0 Å². The van der Waals surface area contributed by atoms with Crippen LogP contribution in [-0.2, 0) is 6.42 Å². The average Bonchev–Trinajstić information content (AvgIpc) is 2.37. The summed E-state index contributed by atoms with van der Waals surface area (Å²) in [6, 6.07) is 8.67. The standard InChI is InChI=1S/C15H21NO/c1-4-6-7-14(16-5-2)12-13-8-10-15(17-3)11-9-13/h8-11,14,16H,5,7,12H2,1-3H3. The number of hydrogen-bond donors (Lipinski definition) is 1. The van der Waals surface area contributed by atoms with Gasteiger partial charge in [0.25, 0.3) is 0 Å². The lowest BCUT2D eigenvalue weighted by Crippen LogP contribution is -2.30. The Labute approximate surface area is 104 Å². The first kappa shape index (κ1) is 13.6. The van der Waals surface area contributed by atoms with Crippen molar-refractivity contribution in [2.45, 2.75) is 32.7 Å². The number of nitrogens with one attached hydrogen (secondary N) is 1. The summed E-state index contributed by atoms with van der Waals surface area (Å²) in [4.78, 5) is 0. The van der Waals surface area contributed by atoms with Crippen LogP contribution < -0.4 is 10.1 Å². The van der Waals surface area contributed by atoms with Crippen molar-refractivity contribution in [1.29, 1.82) is 0 Å². The monoisotopic (exact) mass is 231 g/mol. The van der Waals surface area contributed by atoms with Gasteiger partial charge in [0.2, 0.25) is 0 Å². The Morgan fingerprint density at radius 1 is 1.29 bits per heavy atom. The Morgan fingerprint density at radius 3 is 2.53 bits per heavy atom. The Hall–Kier alpha value is -1.46. The van der Waals surface area contributed by atoms with E-state index in [0.717, 1.165) is 25.1 Å². The van der Waals surface area contributed by atoms with Crippen LogP contribution in [0.15, 0.2) is 24.3 Å². The Bertz CT molecular complexity index is 372. The van der Waals surface area contributed by atoms with Crippen molar-refractivity contribution in [1.82, 2.24) is 5.32 Å². The molecule has 0 aromatic heterocycles. The largest absolute Gasteiger partial charge is 0.497 e. The molecule has 0 amide bonds. The van der Waals surface area contributed by atoms with Crippen molar-refractivity contribution in [3.05, 3.63) is 29.8 Å². The van der Waals surface area contributed by atoms with Gasteiger partial charge in [-0.3, -0.25) is 0 Å². The number of hydrogen-bond acceptors (Lipinski definition) is 2. The zero-order valence-electron chi connectivity index (χ0n) is 10.9. The van der Waals surface area contributed by atoms with Crippen LogP contribution in [0.3, 0.4) is 0 Å². The summed E-state index contributed by atoms with van der Waals surface area (Å²) in [7, 11) is 1.69. The van der Waals surface area contributed by atoms with E-state index in [-0.39, 0.29) is 0 Å². The van der Waals surface area contributed by atoms with Gasteiger partial charge in [0, 0.05) is 12.5 Å². The van der Waals surface area contributed by atoms with Gasteiger partial charge < -0.3 is 10.1 Å². The summed E-state index contributed by atoms with van der Waals surface area (Å²) in [5, 5.41) is 3.46. The van der Waals surface area contributed by atoms with Crippen LogP contribution >= 0.6 is 0 Å². The molecule has 1 aromatic carbocycles. The molecule has 2 heteroatoms. The molecule has 0 aliphatic heterocycles. The molecule has 2 nitrogen and oxygen atoms in total. The maximum atomic E-state index is 5.15. The Kier molecular flexibility index (Phi) is 6.21. The Morgan fingerprint density at radius 2 is 2.00 bits per heavy atom. The second kappa shape index (κ2) is 7.76. The molecule has 0 radical (unpaired) electrons. The van der Waals surface area contributed by atoms with Crippen molar-refractivity contribution in [3.8, 4) is 17.6 Å². The highest BCUT2D eigenvalue weighted by Gasteiger charge is 2.06. The highest BCUT2D eigenvalue weighted by Crippen LogP contribution is 2.13. The first-order chi connectivity index (χ1) is 8.30. The topological polar surface area (TPSA) is 21.3 Å². The molecule has 0 spiro atoms. The predicted molar refractivity (Wildman–Crippen MR) is 72.2 cm³/mol. The minimum atomic E-state index is 0.431. The first-order valence-electron chi connectivity index (χ1n) is 6.06. The van der Waals surface area contributed by atoms with Crippen LogP contribution in [-0.4, -0.2) is 19.7 Å². The lowest BCUT2D eigenvalue weighted by Gasteiger charge is -2.15. The van der Waals surface area contributed by atoms with Crippen LogP contribution in [0.1, 0.15) is 25.8 Å². The Balaban J connectivity index is 2.59. The van der Waals surface area contributed by atoms with Crippen LogP contribution in [0.4, 0.5) is 0 Å². The number of methoxy groups -OCH3 is 1. The van der Waals surface area contributed by atoms with Crippen molar-refractivity contribution in [3.63, 3.8) is 0 Å². The molecule has 0 saturated heterocycles. The predicted octanol–water partition coefficient (Wildman–Crippen LogP) is 2.63. The molecule has 17 heavy (non-hydrogen) atoms. The van der Waals surface area contributed by atoms with Gasteiger partial charge in [-0.25, -0.2) is 0 Å². The number of likely N-dealkylation sites (N-methyl/N-ethyl adjacent to an activating group) is 1. The third-order valence-electron chi connectivity index (χ3n) is 2.66. The van der Waals surface area contributed by atoms with Crippen molar-refractivity contribution >= 4 is 0 Å². The number of rotatable bonds is 6. The third kappa shape index (κ3) is 4.93. The fourth-order valence-corrected chi connectivity index (χ4v) is 1.78. The van der Waals surface area contributed by atoms with Gasteiger partial charge in [0.1, 0.15) is 5.75 Å². The molecular formula is C15H21NO. The van der Waals surface area contributed by atoms with E-state index >= 15 is 0 Å². The van der Waals surface area contributed by atoms with E-state index in [2.05, 4.69) is 36.2 Å². The molecule has 0 saturated carbocycles. The molecule has 1 rings (SSSR count). The normalized spacial score (nSPS) is 11.5. The smallest absolute Gasteiger partial charge is 0.118 e. The first-order valence-corrected chi connectivity index (χ1v) is 6.06. The quantitative estimate of drug-likeness (QED) is 0.760. The summed E-state index contributed by atoms with van der Waals surface area (Å²) in [6.07, 6.45) is 1.91. The highest BCUT2D eigenvalue weighted by molar-refractivity contribution is 5.27. The molecule has 1 unspecified atom stereocenters. The van der Waals surface area contributed by atoms with E-state index in [1.54, 1.807) is 7.11 Å². The van der Waals surface area contributed by atoms with E-state index < -0.39 is 0 Å². The zero-order valence-corrected chi connectivity index (χ0v) is 10.9. The van der Waals surface area contributed by atoms with Crippen molar-refractivity contribution in [2.75, 3.05) is 13.7 Å². The summed E-state index contributed by atoms with van der Waals surface area (Å²) in [5.74, 6) is 6.99. The van der Waals surface area contributed by atoms with Crippen molar-refractivity contribution < 1.29 is 4.74 Å². The fraction of sp³-hybridized carbons (Fsp3) is 0.467. The van der Waals surface area contributed by atoms with E-state index in [1.165, 1.54) is 5.56 Å². The number of benzene rings is 1.